The summed E-state index contributed by atoms with van der Waals surface area (Å²) < 4.78 is 0. The number of nitrogens with two attached hydrogens (primary N) is 1. The Morgan fingerprint density at radius 2 is 1.72 bits per heavy atom. The van der Waals surface area contributed by atoms with Gasteiger partial charge in [0.05, 0.1) is 5.41 Å². The predicted octanol–water partition coefficient (Wildman–Crippen LogP) is 4.08. The summed E-state index contributed by atoms with van der Waals surface area (Å²) in [5.41, 5.74) is 8.79. The highest BCUT2D eigenvalue weighted by Gasteiger charge is 2.62. The Morgan fingerprint density at radius 1 is 1.07 bits per heavy atom. The normalized spacial score (nSPS) is 40.3. The van der Waals surface area contributed by atoms with Crippen molar-refractivity contribution in [2.24, 2.45) is 23.0 Å². The first-order valence-corrected chi connectivity index (χ1v) is 11.3. The largest absolute Gasteiger partial charge is 0.353 e. The van der Waals surface area contributed by atoms with E-state index in [0.717, 1.165) is 57.8 Å². The summed E-state index contributed by atoms with van der Waals surface area (Å²) in [5.74, 6) is 3.97. The summed E-state index contributed by atoms with van der Waals surface area (Å²) in [6, 6.07) is 11.5. The molecule has 5 aliphatic rings. The summed E-state index contributed by atoms with van der Waals surface area (Å²) >= 11 is 0. The van der Waals surface area contributed by atoms with Crippen molar-refractivity contribution in [1.82, 2.24) is 5.32 Å². The van der Waals surface area contributed by atoms with Crippen molar-refractivity contribution in [3.05, 3.63) is 47.5 Å². The number of rotatable bonds is 3. The zero-order chi connectivity index (χ0) is 20.1. The Balaban J connectivity index is 1.45. The molecule has 5 saturated carbocycles. The van der Waals surface area contributed by atoms with Crippen LogP contribution in [0.1, 0.15) is 63.4 Å². The van der Waals surface area contributed by atoms with Crippen molar-refractivity contribution in [1.29, 1.82) is 0 Å². The second-order valence-electron chi connectivity index (χ2n) is 10.2. The minimum absolute atomic E-state index is 0.116. The van der Waals surface area contributed by atoms with Crippen LogP contribution in [0.5, 0.6) is 0 Å². The molecule has 29 heavy (non-hydrogen) atoms. The van der Waals surface area contributed by atoms with Crippen LogP contribution in [0.3, 0.4) is 0 Å². The predicted molar refractivity (Wildman–Crippen MR) is 116 cm³/mol. The molecule has 2 unspecified atom stereocenters. The van der Waals surface area contributed by atoms with E-state index in [1.165, 1.54) is 11.1 Å². The second-order valence-corrected chi connectivity index (χ2v) is 10.2. The van der Waals surface area contributed by atoms with E-state index < -0.39 is 0 Å². The molecule has 1 aromatic carbocycles. The highest BCUT2D eigenvalue weighted by atomic mass is 16.2. The van der Waals surface area contributed by atoms with Gasteiger partial charge in [-0.05, 0) is 86.7 Å². The Bertz CT molecular complexity index is 838. The monoisotopic (exact) mass is 388 g/mol. The molecule has 3 heteroatoms. The summed E-state index contributed by atoms with van der Waals surface area (Å²) in [5, 5.41) is 3.46. The summed E-state index contributed by atoms with van der Waals surface area (Å²) in [6.07, 6.45) is 16.9. The lowest BCUT2D eigenvalue weighted by atomic mass is 9.41. The number of carbonyl (C=O) groups is 1. The highest BCUT2D eigenvalue weighted by Crippen LogP contribution is 2.67. The van der Waals surface area contributed by atoms with E-state index in [1.54, 1.807) is 0 Å². The van der Waals surface area contributed by atoms with Gasteiger partial charge >= 0.3 is 0 Å². The number of hydrogen-bond acceptors (Lipinski definition) is 2. The van der Waals surface area contributed by atoms with E-state index in [1.807, 2.05) is 6.08 Å². The van der Waals surface area contributed by atoms with Gasteiger partial charge in [-0.15, -0.1) is 6.42 Å². The zero-order valence-electron chi connectivity index (χ0n) is 17.2. The lowest BCUT2D eigenvalue weighted by molar-refractivity contribution is -0.145. The molecule has 0 heterocycles. The molecular formula is C26H32N2O. The number of terminal acetylenes is 1. The van der Waals surface area contributed by atoms with Crippen molar-refractivity contribution in [2.45, 2.75) is 75.3 Å². The van der Waals surface area contributed by atoms with Crippen molar-refractivity contribution < 1.29 is 4.79 Å². The lowest BCUT2D eigenvalue weighted by Gasteiger charge is -2.62. The molecule has 0 spiro atoms. The fraction of sp³-hybridized carbons (Fsp3) is 0.577. The zero-order valence-corrected chi connectivity index (χ0v) is 17.2. The van der Waals surface area contributed by atoms with Crippen molar-refractivity contribution >= 4 is 5.91 Å². The fourth-order valence-corrected chi connectivity index (χ4v) is 7.27. The van der Waals surface area contributed by atoms with Crippen molar-refractivity contribution in [3.8, 4) is 12.3 Å². The van der Waals surface area contributed by atoms with Crippen LogP contribution in [-0.4, -0.2) is 18.0 Å². The molecule has 0 aromatic heterocycles. The van der Waals surface area contributed by atoms with Crippen LogP contribution < -0.4 is 11.1 Å². The standard InChI is InChI=1S/C26H32N2O/c1-2-6-23-18-13-25(20-7-4-3-5-8-20)14-19(23)16-26(15-18,17-25)24(29)28-22-11-9-21(27)10-12-22/h1,3-8,18-19,21-22H,9-17,27H2,(H,28,29). The van der Waals surface area contributed by atoms with Gasteiger partial charge in [-0.3, -0.25) is 4.79 Å². The average Bonchev–Trinajstić information content (AvgIpc) is 2.72. The van der Waals surface area contributed by atoms with E-state index in [-0.39, 0.29) is 10.8 Å². The molecule has 0 radical (unpaired) electrons. The third-order valence-corrected chi connectivity index (χ3v) is 8.39. The first kappa shape index (κ1) is 18.9. The first-order chi connectivity index (χ1) is 14.0. The van der Waals surface area contributed by atoms with Gasteiger partial charge in [0.15, 0.2) is 0 Å². The van der Waals surface area contributed by atoms with Crippen LogP contribution >= 0.6 is 0 Å². The number of hydrogen-bond donors (Lipinski definition) is 2. The molecule has 5 aliphatic carbocycles. The van der Waals surface area contributed by atoms with Gasteiger partial charge in [0.2, 0.25) is 5.91 Å². The van der Waals surface area contributed by atoms with Crippen LogP contribution in [0.2, 0.25) is 0 Å². The molecular weight excluding hydrogens is 356 g/mol. The maximum atomic E-state index is 13.7. The van der Waals surface area contributed by atoms with Gasteiger partial charge in [-0.2, -0.15) is 0 Å². The smallest absolute Gasteiger partial charge is 0.226 e. The molecule has 5 fully saturated rings. The van der Waals surface area contributed by atoms with E-state index in [9.17, 15) is 4.79 Å². The van der Waals surface area contributed by atoms with Crippen LogP contribution in [0.4, 0.5) is 0 Å². The van der Waals surface area contributed by atoms with Gasteiger partial charge < -0.3 is 11.1 Å². The van der Waals surface area contributed by atoms with Crippen LogP contribution in [-0.2, 0) is 10.2 Å². The molecule has 3 N–H and O–H groups in total. The van der Waals surface area contributed by atoms with E-state index in [0.29, 0.717) is 29.8 Å². The molecule has 0 saturated heterocycles. The number of nitrogens with one attached hydrogen (secondary N) is 1. The highest BCUT2D eigenvalue weighted by molar-refractivity contribution is 5.84. The quantitative estimate of drug-likeness (QED) is 0.767. The SMILES string of the molecule is C#CC=C1C2CC3(C(=O)NC4CCC(N)CC4)CC1CC(c1ccccc1)(C2)C3. The van der Waals surface area contributed by atoms with E-state index in [2.05, 4.69) is 41.6 Å². The molecule has 2 atom stereocenters. The van der Waals surface area contributed by atoms with Gasteiger partial charge in [-0.25, -0.2) is 0 Å². The average molecular weight is 389 g/mol. The van der Waals surface area contributed by atoms with Crippen LogP contribution in [0.15, 0.2) is 42.0 Å². The Morgan fingerprint density at radius 3 is 2.34 bits per heavy atom. The number of benzene rings is 1. The molecule has 1 amide bonds. The van der Waals surface area contributed by atoms with E-state index in [4.69, 9.17) is 12.2 Å². The molecule has 4 bridgehead atoms. The topological polar surface area (TPSA) is 55.1 Å². The van der Waals surface area contributed by atoms with Gasteiger partial charge in [0.25, 0.3) is 0 Å². The maximum absolute atomic E-state index is 13.7. The van der Waals surface area contributed by atoms with Crippen molar-refractivity contribution in [3.63, 3.8) is 0 Å². The number of allylic oxidation sites excluding steroid dienone is 2. The molecule has 6 rings (SSSR count). The Labute approximate surface area is 174 Å². The lowest BCUT2D eigenvalue weighted by Crippen LogP contribution is -2.60. The molecule has 1 aromatic rings. The van der Waals surface area contributed by atoms with E-state index >= 15 is 0 Å². The van der Waals surface area contributed by atoms with Crippen LogP contribution in [0, 0.1) is 29.6 Å². The summed E-state index contributed by atoms with van der Waals surface area (Å²) in [4.78, 5) is 13.7. The summed E-state index contributed by atoms with van der Waals surface area (Å²) in [7, 11) is 0. The molecule has 0 aliphatic heterocycles. The maximum Gasteiger partial charge on any atom is 0.226 e. The van der Waals surface area contributed by atoms with Gasteiger partial charge in [-0.1, -0.05) is 41.8 Å². The molecule has 152 valence electrons. The third kappa shape index (κ3) is 3.13. The third-order valence-electron chi connectivity index (χ3n) is 8.39. The first-order valence-electron chi connectivity index (χ1n) is 11.3. The Kier molecular flexibility index (Phi) is 4.59. The number of carbonyl (C=O) groups excluding carboxylic acids is 1. The minimum atomic E-state index is -0.243. The van der Waals surface area contributed by atoms with Gasteiger partial charge in [0, 0.05) is 12.1 Å². The molecule has 3 nitrogen and oxygen atoms in total. The Hall–Kier alpha value is -2.05. The summed E-state index contributed by atoms with van der Waals surface area (Å²) in [6.45, 7) is 0. The second kappa shape index (κ2) is 7.03. The minimum Gasteiger partial charge on any atom is -0.353 e. The number of amides is 1. The van der Waals surface area contributed by atoms with Gasteiger partial charge in [0.1, 0.15) is 0 Å². The van der Waals surface area contributed by atoms with Crippen molar-refractivity contribution in [2.75, 3.05) is 0 Å². The fourth-order valence-electron chi connectivity index (χ4n) is 7.27. The van der Waals surface area contributed by atoms with Crippen LogP contribution in [0.25, 0.3) is 0 Å².